The number of benzene rings is 1. The molecule has 0 fully saturated rings. The van der Waals surface area contributed by atoms with Crippen LogP contribution in [0.15, 0.2) is 35.9 Å². The van der Waals surface area contributed by atoms with E-state index in [0.29, 0.717) is 5.56 Å². The molecule has 1 aromatic carbocycles. The Morgan fingerprint density at radius 3 is 2.40 bits per heavy atom. The summed E-state index contributed by atoms with van der Waals surface area (Å²) in [6.07, 6.45) is 1.47. The number of Topliss-reactive ketones (excluding diaryl/α,β-unsaturated/α-hetero) is 2. The molecule has 4 nitrogen and oxygen atoms in total. The van der Waals surface area contributed by atoms with Crippen molar-refractivity contribution in [3.63, 3.8) is 0 Å². The lowest BCUT2D eigenvalue weighted by Crippen LogP contribution is -2.44. The van der Waals surface area contributed by atoms with Crippen LogP contribution in [0.1, 0.15) is 47.4 Å². The van der Waals surface area contributed by atoms with Gasteiger partial charge in [-0.3, -0.25) is 14.4 Å². The number of allylic oxidation sites excluding steroid dienone is 2. The molecule has 0 aliphatic heterocycles. The first kappa shape index (κ1) is 14.2. The molecule has 0 spiro atoms. The number of rotatable bonds is 3. The predicted octanol–water partition coefficient (Wildman–Crippen LogP) is 2.88. The smallest absolute Gasteiger partial charge is 0.318 e. The molecule has 0 aromatic heterocycles. The lowest BCUT2D eigenvalue weighted by molar-refractivity contribution is -0.145. The summed E-state index contributed by atoms with van der Waals surface area (Å²) >= 11 is 0. The maximum atomic E-state index is 12.6. The zero-order chi connectivity index (χ0) is 14.9. The van der Waals surface area contributed by atoms with E-state index >= 15 is 0 Å². The molecule has 1 aromatic rings. The fraction of sp³-hybridized carbons (Fsp3) is 0.312. The van der Waals surface area contributed by atoms with Gasteiger partial charge in [0, 0.05) is 17.5 Å². The number of fused-ring (bicyclic) bond motifs is 1. The van der Waals surface area contributed by atoms with Crippen LogP contribution >= 0.6 is 0 Å². The van der Waals surface area contributed by atoms with Crippen molar-refractivity contribution in [3.05, 3.63) is 47.0 Å². The average molecular weight is 272 g/mol. The number of carbonyl (C=O) groups is 3. The Hall–Kier alpha value is -2.23. The molecule has 0 heterocycles. The molecule has 2 rings (SSSR count). The minimum atomic E-state index is -1.66. The quantitative estimate of drug-likeness (QED) is 0.678. The summed E-state index contributed by atoms with van der Waals surface area (Å²) in [4.78, 5) is 36.4. The summed E-state index contributed by atoms with van der Waals surface area (Å²) in [6.45, 7) is 3.66. The van der Waals surface area contributed by atoms with E-state index in [4.69, 9.17) is 0 Å². The van der Waals surface area contributed by atoms with Gasteiger partial charge in [0.2, 0.25) is 0 Å². The van der Waals surface area contributed by atoms with E-state index in [1.54, 1.807) is 24.3 Å². The number of carboxylic acid groups (broad SMARTS) is 1. The van der Waals surface area contributed by atoms with Gasteiger partial charge in [0.15, 0.2) is 11.6 Å². The Morgan fingerprint density at radius 2 is 1.85 bits per heavy atom. The van der Waals surface area contributed by atoms with Gasteiger partial charge in [-0.2, -0.15) is 0 Å². The Balaban J connectivity index is 2.56. The summed E-state index contributed by atoms with van der Waals surface area (Å²) in [6, 6.07) is 6.41. The molecule has 0 saturated heterocycles. The van der Waals surface area contributed by atoms with Crippen LogP contribution in [-0.4, -0.2) is 22.6 Å². The van der Waals surface area contributed by atoms with Crippen molar-refractivity contribution < 1.29 is 19.5 Å². The van der Waals surface area contributed by atoms with Gasteiger partial charge in [-0.25, -0.2) is 0 Å². The second-order valence-electron chi connectivity index (χ2n) is 5.35. The van der Waals surface area contributed by atoms with Crippen molar-refractivity contribution in [1.82, 2.24) is 0 Å². The maximum Gasteiger partial charge on any atom is 0.318 e. The van der Waals surface area contributed by atoms with Gasteiger partial charge in [0.1, 0.15) is 5.41 Å². The number of carbonyl (C=O) groups excluding carboxylic acids is 2. The Morgan fingerprint density at radius 1 is 1.25 bits per heavy atom. The van der Waals surface area contributed by atoms with Crippen molar-refractivity contribution in [2.24, 2.45) is 5.41 Å². The van der Waals surface area contributed by atoms with E-state index in [9.17, 15) is 19.5 Å². The third kappa shape index (κ3) is 2.18. The number of carboxylic acids is 1. The lowest BCUT2D eigenvalue weighted by atomic mass is 9.68. The highest BCUT2D eigenvalue weighted by atomic mass is 16.4. The van der Waals surface area contributed by atoms with Gasteiger partial charge in [-0.05, 0) is 20.3 Å². The van der Waals surface area contributed by atoms with E-state index in [1.165, 1.54) is 6.07 Å². The topological polar surface area (TPSA) is 71.4 Å². The van der Waals surface area contributed by atoms with Gasteiger partial charge in [0.25, 0.3) is 0 Å². The first-order chi connectivity index (χ1) is 9.38. The van der Waals surface area contributed by atoms with Gasteiger partial charge >= 0.3 is 5.97 Å². The minimum Gasteiger partial charge on any atom is -0.480 e. The second kappa shape index (κ2) is 5.04. The van der Waals surface area contributed by atoms with Gasteiger partial charge in [-0.1, -0.05) is 35.9 Å². The highest BCUT2D eigenvalue weighted by Gasteiger charge is 2.51. The van der Waals surface area contributed by atoms with Gasteiger partial charge in [-0.15, -0.1) is 0 Å². The van der Waals surface area contributed by atoms with Crippen LogP contribution in [0.25, 0.3) is 0 Å². The van der Waals surface area contributed by atoms with Crippen LogP contribution in [0.3, 0.4) is 0 Å². The number of aliphatic carboxylic acids is 1. The second-order valence-corrected chi connectivity index (χ2v) is 5.35. The van der Waals surface area contributed by atoms with Crippen LogP contribution in [0.5, 0.6) is 0 Å². The highest BCUT2D eigenvalue weighted by molar-refractivity contribution is 6.23. The normalized spacial score (nSPS) is 21.3. The van der Waals surface area contributed by atoms with E-state index in [-0.39, 0.29) is 24.2 Å². The molecule has 4 heteroatoms. The summed E-state index contributed by atoms with van der Waals surface area (Å²) < 4.78 is 0. The molecule has 1 atom stereocenters. The van der Waals surface area contributed by atoms with Crippen LogP contribution in [0.2, 0.25) is 0 Å². The first-order valence-corrected chi connectivity index (χ1v) is 6.42. The number of hydrogen-bond donors (Lipinski definition) is 1. The molecular weight excluding hydrogens is 256 g/mol. The van der Waals surface area contributed by atoms with Crippen LogP contribution < -0.4 is 0 Å². The third-order valence-corrected chi connectivity index (χ3v) is 3.64. The van der Waals surface area contributed by atoms with Crippen LogP contribution in [0.4, 0.5) is 0 Å². The molecule has 1 N–H and O–H groups in total. The summed E-state index contributed by atoms with van der Waals surface area (Å²) in [7, 11) is 0. The molecule has 104 valence electrons. The predicted molar refractivity (Wildman–Crippen MR) is 73.8 cm³/mol. The standard InChI is InChI=1S/C16H16O4/c1-10(2)7-8-16(15(19)20)9-13(17)11-5-3-4-6-12(11)14(16)18/h3-7H,8-9H2,1-2H3,(H,19,20). The molecular formula is C16H16O4. The summed E-state index contributed by atoms with van der Waals surface area (Å²) in [5, 5.41) is 9.51. The van der Waals surface area contributed by atoms with Crippen molar-refractivity contribution in [2.75, 3.05) is 0 Å². The van der Waals surface area contributed by atoms with Gasteiger partial charge in [0.05, 0.1) is 0 Å². The van der Waals surface area contributed by atoms with Crippen molar-refractivity contribution in [1.29, 1.82) is 0 Å². The highest BCUT2D eigenvalue weighted by Crippen LogP contribution is 2.39. The third-order valence-electron chi connectivity index (χ3n) is 3.64. The Bertz CT molecular complexity index is 623. The molecule has 0 radical (unpaired) electrons. The van der Waals surface area contributed by atoms with Crippen LogP contribution in [-0.2, 0) is 4.79 Å². The molecule has 0 saturated carbocycles. The Labute approximate surface area is 117 Å². The van der Waals surface area contributed by atoms with Crippen molar-refractivity contribution in [2.45, 2.75) is 26.7 Å². The molecule has 0 bridgehead atoms. The van der Waals surface area contributed by atoms with Gasteiger partial charge < -0.3 is 5.11 Å². The average Bonchev–Trinajstić information content (AvgIpc) is 2.41. The zero-order valence-electron chi connectivity index (χ0n) is 11.5. The largest absolute Gasteiger partial charge is 0.480 e. The molecule has 1 aliphatic carbocycles. The molecule has 1 unspecified atom stereocenters. The Kier molecular flexibility index (Phi) is 3.57. The summed E-state index contributed by atoms with van der Waals surface area (Å²) in [5.74, 6) is -2.00. The SMILES string of the molecule is CC(C)=CCC1(C(=O)O)CC(=O)c2ccccc2C1=O. The van der Waals surface area contributed by atoms with E-state index in [2.05, 4.69) is 0 Å². The van der Waals surface area contributed by atoms with Crippen LogP contribution in [0, 0.1) is 5.41 Å². The zero-order valence-corrected chi connectivity index (χ0v) is 11.5. The monoisotopic (exact) mass is 272 g/mol. The van der Waals surface area contributed by atoms with Crippen molar-refractivity contribution in [3.8, 4) is 0 Å². The molecule has 20 heavy (non-hydrogen) atoms. The lowest BCUT2D eigenvalue weighted by Gasteiger charge is -2.31. The maximum absolute atomic E-state index is 12.6. The first-order valence-electron chi connectivity index (χ1n) is 6.42. The molecule has 1 aliphatic rings. The fourth-order valence-corrected chi connectivity index (χ4v) is 2.43. The van der Waals surface area contributed by atoms with E-state index < -0.39 is 17.2 Å². The number of hydrogen-bond acceptors (Lipinski definition) is 3. The fourth-order valence-electron chi connectivity index (χ4n) is 2.43. The molecule has 0 amide bonds. The summed E-state index contributed by atoms with van der Waals surface area (Å²) in [5.41, 5.74) is -0.201. The van der Waals surface area contributed by atoms with E-state index in [0.717, 1.165) is 5.57 Å². The minimum absolute atomic E-state index is 0.0452. The van der Waals surface area contributed by atoms with Crippen molar-refractivity contribution >= 4 is 17.5 Å². The van der Waals surface area contributed by atoms with E-state index in [1.807, 2.05) is 13.8 Å². The number of ketones is 2.